The number of aliphatic imine (C=N–C) groups is 1. The SMILES string of the molecule is CCN(CC)C(N)=NCC(c1cccc(OC)c1)N1CCCC1. The molecule has 1 heterocycles. The Bertz CT molecular complexity index is 507. The van der Waals surface area contributed by atoms with Crippen LogP contribution in [0.25, 0.3) is 0 Å². The van der Waals surface area contributed by atoms with Crippen LogP contribution in [0.2, 0.25) is 0 Å². The summed E-state index contributed by atoms with van der Waals surface area (Å²) in [5, 5.41) is 0. The molecule has 2 N–H and O–H groups in total. The smallest absolute Gasteiger partial charge is 0.191 e. The number of nitrogens with zero attached hydrogens (tertiary/aromatic N) is 3. The Morgan fingerprint density at radius 1 is 1.30 bits per heavy atom. The van der Waals surface area contributed by atoms with E-state index in [9.17, 15) is 0 Å². The van der Waals surface area contributed by atoms with Crippen molar-refractivity contribution in [3.63, 3.8) is 0 Å². The maximum absolute atomic E-state index is 6.15. The summed E-state index contributed by atoms with van der Waals surface area (Å²) in [6.45, 7) is 8.93. The van der Waals surface area contributed by atoms with Crippen molar-refractivity contribution in [2.24, 2.45) is 10.7 Å². The standard InChI is InChI=1S/C18H30N4O/c1-4-21(5-2)18(19)20-14-17(22-11-6-7-12-22)15-9-8-10-16(13-15)23-3/h8-10,13,17H,4-7,11-12,14H2,1-3H3,(H2,19,20). The van der Waals surface area contributed by atoms with E-state index in [1.165, 1.54) is 18.4 Å². The molecule has 0 aliphatic carbocycles. The summed E-state index contributed by atoms with van der Waals surface area (Å²) in [6.07, 6.45) is 2.52. The number of rotatable bonds is 7. The molecule has 5 heteroatoms. The third-order valence-corrected chi connectivity index (χ3v) is 4.57. The van der Waals surface area contributed by atoms with Crippen molar-refractivity contribution in [1.82, 2.24) is 9.80 Å². The van der Waals surface area contributed by atoms with Gasteiger partial charge < -0.3 is 15.4 Å². The first-order chi connectivity index (χ1) is 11.2. The van der Waals surface area contributed by atoms with Gasteiger partial charge in [0.1, 0.15) is 5.75 Å². The monoisotopic (exact) mass is 318 g/mol. The van der Waals surface area contributed by atoms with Crippen molar-refractivity contribution in [1.29, 1.82) is 0 Å². The molecule has 1 saturated heterocycles. The number of methoxy groups -OCH3 is 1. The van der Waals surface area contributed by atoms with E-state index in [2.05, 4.69) is 46.8 Å². The molecule has 2 rings (SSSR count). The van der Waals surface area contributed by atoms with Gasteiger partial charge in [-0.25, -0.2) is 0 Å². The number of hydrogen-bond donors (Lipinski definition) is 1. The maximum atomic E-state index is 6.15. The predicted molar refractivity (Wildman–Crippen MR) is 96.0 cm³/mol. The molecular weight excluding hydrogens is 288 g/mol. The molecule has 1 aliphatic rings. The van der Waals surface area contributed by atoms with Gasteiger partial charge in [0.15, 0.2) is 5.96 Å². The van der Waals surface area contributed by atoms with Crippen molar-refractivity contribution in [2.45, 2.75) is 32.7 Å². The summed E-state index contributed by atoms with van der Waals surface area (Å²) in [5.74, 6) is 1.54. The minimum Gasteiger partial charge on any atom is -0.497 e. The fourth-order valence-electron chi connectivity index (χ4n) is 3.16. The molecule has 0 aromatic heterocycles. The largest absolute Gasteiger partial charge is 0.497 e. The minimum atomic E-state index is 0.265. The van der Waals surface area contributed by atoms with Crippen LogP contribution in [0, 0.1) is 0 Å². The topological polar surface area (TPSA) is 54.1 Å². The third kappa shape index (κ3) is 4.61. The van der Waals surface area contributed by atoms with Gasteiger partial charge in [-0.2, -0.15) is 0 Å². The van der Waals surface area contributed by atoms with E-state index in [0.29, 0.717) is 12.5 Å². The van der Waals surface area contributed by atoms with E-state index in [1.54, 1.807) is 7.11 Å². The lowest BCUT2D eigenvalue weighted by Gasteiger charge is -2.28. The van der Waals surface area contributed by atoms with Crippen LogP contribution in [0.1, 0.15) is 38.3 Å². The van der Waals surface area contributed by atoms with Gasteiger partial charge in [0.25, 0.3) is 0 Å². The van der Waals surface area contributed by atoms with E-state index in [1.807, 2.05) is 6.07 Å². The van der Waals surface area contributed by atoms with Crippen LogP contribution in [-0.4, -0.2) is 55.6 Å². The quantitative estimate of drug-likeness (QED) is 0.620. The van der Waals surface area contributed by atoms with Crippen LogP contribution < -0.4 is 10.5 Å². The van der Waals surface area contributed by atoms with Crippen molar-refractivity contribution in [3.05, 3.63) is 29.8 Å². The summed E-state index contributed by atoms with van der Waals surface area (Å²) in [6, 6.07) is 8.58. The molecule has 23 heavy (non-hydrogen) atoms. The average Bonchev–Trinajstić information content (AvgIpc) is 3.10. The van der Waals surface area contributed by atoms with Crippen LogP contribution in [-0.2, 0) is 0 Å². The molecule has 0 radical (unpaired) electrons. The Balaban J connectivity index is 2.18. The summed E-state index contributed by atoms with van der Waals surface area (Å²) in [7, 11) is 1.71. The van der Waals surface area contributed by atoms with Gasteiger partial charge in [-0.15, -0.1) is 0 Å². The first kappa shape index (κ1) is 17.6. The van der Waals surface area contributed by atoms with E-state index in [-0.39, 0.29) is 6.04 Å². The predicted octanol–water partition coefficient (Wildman–Crippen LogP) is 2.49. The zero-order valence-electron chi connectivity index (χ0n) is 14.7. The molecule has 1 fully saturated rings. The van der Waals surface area contributed by atoms with Crippen molar-refractivity contribution < 1.29 is 4.74 Å². The molecule has 1 unspecified atom stereocenters. The minimum absolute atomic E-state index is 0.265. The second kappa shape index (κ2) is 8.77. The second-order valence-corrected chi connectivity index (χ2v) is 5.91. The molecule has 0 saturated carbocycles. The average molecular weight is 318 g/mol. The first-order valence-corrected chi connectivity index (χ1v) is 8.62. The zero-order chi connectivity index (χ0) is 16.7. The Labute approximate surface area is 140 Å². The van der Waals surface area contributed by atoms with Gasteiger partial charge >= 0.3 is 0 Å². The highest BCUT2D eigenvalue weighted by Crippen LogP contribution is 2.27. The third-order valence-electron chi connectivity index (χ3n) is 4.57. The Hall–Kier alpha value is -1.75. The number of likely N-dealkylation sites (tertiary alicyclic amines) is 1. The Morgan fingerprint density at radius 2 is 2.00 bits per heavy atom. The molecule has 1 aromatic carbocycles. The summed E-state index contributed by atoms with van der Waals surface area (Å²) in [4.78, 5) is 9.28. The van der Waals surface area contributed by atoms with Crippen LogP contribution >= 0.6 is 0 Å². The molecule has 128 valence electrons. The van der Waals surface area contributed by atoms with E-state index in [0.717, 1.165) is 31.9 Å². The van der Waals surface area contributed by atoms with Crippen LogP contribution in [0.3, 0.4) is 0 Å². The highest BCUT2D eigenvalue weighted by molar-refractivity contribution is 5.78. The molecule has 1 aliphatic heterocycles. The highest BCUT2D eigenvalue weighted by atomic mass is 16.5. The normalized spacial score (nSPS) is 17.3. The van der Waals surface area contributed by atoms with Gasteiger partial charge in [0.2, 0.25) is 0 Å². The lowest BCUT2D eigenvalue weighted by Crippen LogP contribution is -2.38. The summed E-state index contributed by atoms with van der Waals surface area (Å²) in [5.41, 5.74) is 7.40. The molecule has 1 atom stereocenters. The van der Waals surface area contributed by atoms with Crippen molar-refractivity contribution in [3.8, 4) is 5.75 Å². The summed E-state index contributed by atoms with van der Waals surface area (Å²) >= 11 is 0. The number of nitrogens with two attached hydrogens (primary N) is 1. The number of hydrogen-bond acceptors (Lipinski definition) is 3. The van der Waals surface area contributed by atoms with Gasteiger partial charge in [-0.1, -0.05) is 12.1 Å². The van der Waals surface area contributed by atoms with Crippen molar-refractivity contribution >= 4 is 5.96 Å². The van der Waals surface area contributed by atoms with Gasteiger partial charge in [0, 0.05) is 13.1 Å². The van der Waals surface area contributed by atoms with Gasteiger partial charge in [-0.05, 0) is 57.5 Å². The van der Waals surface area contributed by atoms with Crippen LogP contribution in [0.15, 0.2) is 29.3 Å². The van der Waals surface area contributed by atoms with Crippen LogP contribution in [0.4, 0.5) is 0 Å². The van der Waals surface area contributed by atoms with Gasteiger partial charge in [0.05, 0.1) is 19.7 Å². The maximum Gasteiger partial charge on any atom is 0.191 e. The fourth-order valence-corrected chi connectivity index (χ4v) is 3.16. The van der Waals surface area contributed by atoms with E-state index < -0.39 is 0 Å². The Morgan fingerprint density at radius 3 is 2.61 bits per heavy atom. The molecular formula is C18H30N4O. The Kier molecular flexibility index (Phi) is 6.71. The zero-order valence-corrected chi connectivity index (χ0v) is 14.7. The lowest BCUT2D eigenvalue weighted by molar-refractivity contribution is 0.250. The molecule has 5 nitrogen and oxygen atoms in total. The first-order valence-electron chi connectivity index (χ1n) is 8.62. The van der Waals surface area contributed by atoms with E-state index >= 15 is 0 Å². The van der Waals surface area contributed by atoms with E-state index in [4.69, 9.17) is 10.5 Å². The van der Waals surface area contributed by atoms with Gasteiger partial charge in [-0.3, -0.25) is 9.89 Å². The fraction of sp³-hybridized carbons (Fsp3) is 0.611. The number of benzene rings is 1. The van der Waals surface area contributed by atoms with Crippen molar-refractivity contribution in [2.75, 3.05) is 39.8 Å². The molecule has 1 aromatic rings. The summed E-state index contributed by atoms with van der Waals surface area (Å²) < 4.78 is 5.38. The molecule has 0 bridgehead atoms. The second-order valence-electron chi connectivity index (χ2n) is 5.91. The molecule has 0 spiro atoms. The van der Waals surface area contributed by atoms with Crippen LogP contribution in [0.5, 0.6) is 5.75 Å². The number of ether oxygens (including phenoxy) is 1. The number of guanidine groups is 1. The highest BCUT2D eigenvalue weighted by Gasteiger charge is 2.23. The lowest BCUT2D eigenvalue weighted by atomic mass is 10.1. The molecule has 0 amide bonds.